The number of hydrogen-bond donors (Lipinski definition) is 3. The number of carboxylic acids is 1. The van der Waals surface area contributed by atoms with E-state index >= 15 is 0 Å². The minimum Gasteiger partial charge on any atom is -0.481 e. The summed E-state index contributed by atoms with van der Waals surface area (Å²) in [6.07, 6.45) is 1.44. The highest BCUT2D eigenvalue weighted by atomic mass is 16.4. The van der Waals surface area contributed by atoms with Gasteiger partial charge in [0.2, 0.25) is 0 Å². The molecule has 0 bridgehead atoms. The van der Waals surface area contributed by atoms with E-state index in [0.29, 0.717) is 12.5 Å². The van der Waals surface area contributed by atoms with Gasteiger partial charge in [0, 0.05) is 17.8 Å². The molecule has 4 nitrogen and oxygen atoms in total. The van der Waals surface area contributed by atoms with Gasteiger partial charge in [-0.3, -0.25) is 4.79 Å². The first kappa shape index (κ1) is 15.5. The van der Waals surface area contributed by atoms with E-state index < -0.39 is 5.97 Å². The fourth-order valence-corrected chi connectivity index (χ4v) is 2.15. The Morgan fingerprint density at radius 3 is 2.32 bits per heavy atom. The Labute approximate surface area is 115 Å². The topological polar surface area (TPSA) is 75.3 Å². The summed E-state index contributed by atoms with van der Waals surface area (Å²) in [4.78, 5) is 11.0. The van der Waals surface area contributed by atoms with Crippen molar-refractivity contribution in [3.05, 3.63) is 29.8 Å². The molecular formula is C15H24N2O2. The lowest BCUT2D eigenvalue weighted by Crippen LogP contribution is -2.38. The summed E-state index contributed by atoms with van der Waals surface area (Å²) in [7, 11) is 0. The van der Waals surface area contributed by atoms with Gasteiger partial charge in [0.15, 0.2) is 0 Å². The van der Waals surface area contributed by atoms with Crippen LogP contribution in [0.15, 0.2) is 24.3 Å². The second-order valence-electron chi connectivity index (χ2n) is 5.44. The predicted molar refractivity (Wildman–Crippen MR) is 78.0 cm³/mol. The van der Waals surface area contributed by atoms with Gasteiger partial charge in [-0.1, -0.05) is 32.9 Å². The Kier molecular flexibility index (Phi) is 5.83. The number of anilines is 1. The molecule has 0 aromatic heterocycles. The maximum Gasteiger partial charge on any atom is 0.306 e. The average molecular weight is 264 g/mol. The molecule has 1 rings (SSSR count). The van der Waals surface area contributed by atoms with Crippen LogP contribution in [0.2, 0.25) is 0 Å². The van der Waals surface area contributed by atoms with Gasteiger partial charge < -0.3 is 16.2 Å². The summed E-state index contributed by atoms with van der Waals surface area (Å²) in [6.45, 7) is 5.89. The first-order valence-electron chi connectivity index (χ1n) is 6.71. The highest BCUT2D eigenvalue weighted by Crippen LogP contribution is 2.14. The number of nitrogens with one attached hydrogen (secondary N) is 1. The Morgan fingerprint density at radius 2 is 1.84 bits per heavy atom. The van der Waals surface area contributed by atoms with Crippen molar-refractivity contribution in [2.45, 2.75) is 45.7 Å². The van der Waals surface area contributed by atoms with Crippen LogP contribution in [0.25, 0.3) is 0 Å². The van der Waals surface area contributed by atoms with E-state index in [1.807, 2.05) is 24.3 Å². The number of nitrogen functional groups attached to an aromatic ring is 1. The summed E-state index contributed by atoms with van der Waals surface area (Å²) in [6, 6.07) is 8.24. The maximum atomic E-state index is 11.0. The van der Waals surface area contributed by atoms with Crippen molar-refractivity contribution in [1.29, 1.82) is 0 Å². The first-order valence-corrected chi connectivity index (χ1v) is 6.71. The quantitative estimate of drug-likeness (QED) is 0.660. The second kappa shape index (κ2) is 7.14. The van der Waals surface area contributed by atoms with Crippen LogP contribution in [-0.4, -0.2) is 23.2 Å². The fourth-order valence-electron chi connectivity index (χ4n) is 2.15. The minimum absolute atomic E-state index is 0.162. The third-order valence-corrected chi connectivity index (χ3v) is 3.09. The van der Waals surface area contributed by atoms with Crippen LogP contribution in [0.1, 0.15) is 32.8 Å². The van der Waals surface area contributed by atoms with Gasteiger partial charge in [-0.2, -0.15) is 0 Å². The SMILES string of the molecule is CC(C)N[C@@H](Cc1ccc(N)cc1)C[C@H](C)C(=O)O. The first-order chi connectivity index (χ1) is 8.88. The number of carboxylic acid groups (broad SMARTS) is 1. The molecule has 2 atom stereocenters. The second-order valence-corrected chi connectivity index (χ2v) is 5.44. The number of nitrogens with two attached hydrogens (primary N) is 1. The average Bonchev–Trinajstić information content (AvgIpc) is 2.31. The van der Waals surface area contributed by atoms with Crippen LogP contribution in [-0.2, 0) is 11.2 Å². The zero-order valence-electron chi connectivity index (χ0n) is 11.9. The van der Waals surface area contributed by atoms with Crippen molar-refractivity contribution in [3.63, 3.8) is 0 Å². The van der Waals surface area contributed by atoms with E-state index in [9.17, 15) is 4.79 Å². The Balaban J connectivity index is 2.68. The number of carbonyl (C=O) groups is 1. The molecule has 0 saturated carbocycles. The maximum absolute atomic E-state index is 11.0. The van der Waals surface area contributed by atoms with Crippen molar-refractivity contribution < 1.29 is 9.90 Å². The molecule has 4 heteroatoms. The predicted octanol–water partition coefficient (Wildman–Crippen LogP) is 2.29. The van der Waals surface area contributed by atoms with Crippen LogP contribution in [0.4, 0.5) is 5.69 Å². The van der Waals surface area contributed by atoms with Crippen LogP contribution < -0.4 is 11.1 Å². The van der Waals surface area contributed by atoms with Crippen molar-refractivity contribution in [1.82, 2.24) is 5.32 Å². The lowest BCUT2D eigenvalue weighted by atomic mass is 9.95. The molecule has 0 spiro atoms. The van der Waals surface area contributed by atoms with Crippen LogP contribution in [0, 0.1) is 5.92 Å². The fraction of sp³-hybridized carbons (Fsp3) is 0.533. The van der Waals surface area contributed by atoms with Gasteiger partial charge in [0.1, 0.15) is 0 Å². The molecule has 0 amide bonds. The van der Waals surface area contributed by atoms with Gasteiger partial charge in [0.25, 0.3) is 0 Å². The molecule has 106 valence electrons. The van der Waals surface area contributed by atoms with Crippen molar-refractivity contribution >= 4 is 11.7 Å². The zero-order valence-corrected chi connectivity index (χ0v) is 11.9. The molecule has 0 heterocycles. The molecule has 19 heavy (non-hydrogen) atoms. The minimum atomic E-state index is -0.743. The summed E-state index contributed by atoms with van der Waals surface area (Å²) >= 11 is 0. The molecular weight excluding hydrogens is 240 g/mol. The van der Waals surface area contributed by atoms with E-state index in [1.165, 1.54) is 5.56 Å². The number of aliphatic carboxylic acids is 1. The molecule has 0 unspecified atom stereocenters. The van der Waals surface area contributed by atoms with E-state index in [1.54, 1.807) is 6.92 Å². The third kappa shape index (κ3) is 5.75. The molecule has 0 saturated heterocycles. The van der Waals surface area contributed by atoms with E-state index in [4.69, 9.17) is 10.8 Å². The summed E-state index contributed by atoms with van der Waals surface area (Å²) in [5.41, 5.74) is 7.58. The monoisotopic (exact) mass is 264 g/mol. The largest absolute Gasteiger partial charge is 0.481 e. The van der Waals surface area contributed by atoms with Crippen LogP contribution in [0.5, 0.6) is 0 Å². The summed E-state index contributed by atoms with van der Waals surface area (Å²) < 4.78 is 0. The molecule has 0 aliphatic rings. The molecule has 1 aromatic carbocycles. The molecule has 4 N–H and O–H groups in total. The Bertz CT molecular complexity index is 401. The van der Waals surface area contributed by atoms with E-state index in [-0.39, 0.29) is 12.0 Å². The number of rotatable bonds is 7. The summed E-state index contributed by atoms with van der Waals surface area (Å²) in [5, 5.41) is 12.5. The molecule has 0 aliphatic carbocycles. The third-order valence-electron chi connectivity index (χ3n) is 3.09. The lowest BCUT2D eigenvalue weighted by Gasteiger charge is -2.23. The molecule has 0 radical (unpaired) electrons. The number of benzene rings is 1. The standard InChI is InChI=1S/C15H24N2O2/c1-10(2)17-14(8-11(3)15(18)19)9-12-4-6-13(16)7-5-12/h4-7,10-11,14,17H,8-9,16H2,1-3H3,(H,18,19)/t11-,14+/m0/s1. The molecule has 0 fully saturated rings. The van der Waals surface area contributed by atoms with Gasteiger partial charge in [0.05, 0.1) is 5.92 Å². The number of hydrogen-bond acceptors (Lipinski definition) is 3. The highest BCUT2D eigenvalue weighted by Gasteiger charge is 2.19. The molecule has 0 aliphatic heterocycles. The Morgan fingerprint density at radius 1 is 1.26 bits per heavy atom. The van der Waals surface area contributed by atoms with Crippen molar-refractivity contribution in [2.75, 3.05) is 5.73 Å². The van der Waals surface area contributed by atoms with E-state index in [0.717, 1.165) is 12.1 Å². The van der Waals surface area contributed by atoms with E-state index in [2.05, 4.69) is 19.2 Å². The smallest absolute Gasteiger partial charge is 0.306 e. The highest BCUT2D eigenvalue weighted by molar-refractivity contribution is 5.69. The van der Waals surface area contributed by atoms with Gasteiger partial charge >= 0.3 is 5.97 Å². The zero-order chi connectivity index (χ0) is 14.4. The Hall–Kier alpha value is -1.55. The lowest BCUT2D eigenvalue weighted by molar-refractivity contribution is -0.141. The van der Waals surface area contributed by atoms with Crippen molar-refractivity contribution in [2.24, 2.45) is 5.92 Å². The molecule has 1 aromatic rings. The van der Waals surface area contributed by atoms with Crippen molar-refractivity contribution in [3.8, 4) is 0 Å². The van der Waals surface area contributed by atoms with Gasteiger partial charge in [-0.25, -0.2) is 0 Å². The van der Waals surface area contributed by atoms with Gasteiger partial charge in [-0.15, -0.1) is 0 Å². The van der Waals surface area contributed by atoms with Crippen LogP contribution >= 0.6 is 0 Å². The summed E-state index contributed by atoms with van der Waals surface area (Å²) in [5.74, 6) is -1.09. The van der Waals surface area contributed by atoms with Gasteiger partial charge in [-0.05, 0) is 30.5 Å². The van der Waals surface area contributed by atoms with Crippen LogP contribution in [0.3, 0.4) is 0 Å². The normalized spacial score (nSPS) is 14.3.